The van der Waals surface area contributed by atoms with Crippen molar-refractivity contribution in [3.8, 4) is 67.5 Å². The third-order valence-electron chi connectivity index (χ3n) is 11.7. The first-order valence-electron chi connectivity index (χ1n) is 20.8. The molecule has 4 nitrogen and oxygen atoms in total. The molecule has 0 unspecified atom stereocenters. The van der Waals surface area contributed by atoms with Gasteiger partial charge in [-0.1, -0.05) is 188 Å². The second kappa shape index (κ2) is 15.7. The van der Waals surface area contributed by atoms with Gasteiger partial charge in [0.15, 0.2) is 17.5 Å². The van der Waals surface area contributed by atoms with Crippen molar-refractivity contribution in [2.75, 3.05) is 0 Å². The fourth-order valence-corrected chi connectivity index (χ4v) is 8.57. The lowest BCUT2D eigenvalue weighted by Gasteiger charge is -2.17. The maximum Gasteiger partial charge on any atom is 0.164 e. The van der Waals surface area contributed by atoms with Crippen LogP contribution in [0.1, 0.15) is 24.0 Å². The van der Waals surface area contributed by atoms with Crippen molar-refractivity contribution in [3.05, 3.63) is 223 Å². The van der Waals surface area contributed by atoms with Crippen molar-refractivity contribution < 1.29 is 4.42 Å². The van der Waals surface area contributed by atoms with Crippen molar-refractivity contribution in [2.45, 2.75) is 12.8 Å². The molecule has 0 aliphatic heterocycles. The molecule has 0 fully saturated rings. The van der Waals surface area contributed by atoms with Crippen LogP contribution in [0.2, 0.25) is 0 Å². The molecule has 10 aromatic rings. The van der Waals surface area contributed by atoms with Gasteiger partial charge >= 0.3 is 0 Å². The van der Waals surface area contributed by atoms with Gasteiger partial charge in [0.05, 0.1) is 0 Å². The van der Waals surface area contributed by atoms with E-state index in [1.54, 1.807) is 0 Å². The molecule has 2 heterocycles. The highest BCUT2D eigenvalue weighted by molar-refractivity contribution is 6.15. The number of hydrogen-bond acceptors (Lipinski definition) is 4. The topological polar surface area (TPSA) is 51.8 Å². The summed E-state index contributed by atoms with van der Waals surface area (Å²) in [6.07, 6.45) is 6.40. The van der Waals surface area contributed by atoms with Crippen molar-refractivity contribution in [1.82, 2.24) is 15.0 Å². The van der Waals surface area contributed by atoms with E-state index in [1.165, 1.54) is 27.8 Å². The Morgan fingerprint density at radius 1 is 0.328 bits per heavy atom. The second-order valence-corrected chi connectivity index (χ2v) is 15.5. The van der Waals surface area contributed by atoms with E-state index >= 15 is 0 Å². The molecule has 288 valence electrons. The molecule has 0 N–H and O–H groups in total. The minimum atomic E-state index is 0.591. The van der Waals surface area contributed by atoms with Gasteiger partial charge in [0.25, 0.3) is 0 Å². The minimum Gasteiger partial charge on any atom is -0.455 e. The van der Waals surface area contributed by atoms with Crippen LogP contribution in [0.3, 0.4) is 0 Å². The Kier molecular flexibility index (Phi) is 9.29. The van der Waals surface area contributed by atoms with E-state index in [0.29, 0.717) is 17.5 Å². The SMILES string of the molecule is C1=C(c2ccccc2)CCC(c2cc(-c3ccc(-c4ccccc4)cc3)cc3c2oc2cccc(-c4nc(-c5ccccc5)nc(-c5cccc(-c6ccccc6)c5)n4)c23)=C1. The summed E-state index contributed by atoms with van der Waals surface area (Å²) < 4.78 is 6.94. The van der Waals surface area contributed by atoms with Crippen LogP contribution in [0, 0.1) is 0 Å². The highest BCUT2D eigenvalue weighted by atomic mass is 16.3. The summed E-state index contributed by atoms with van der Waals surface area (Å²) in [4.78, 5) is 15.5. The fourth-order valence-electron chi connectivity index (χ4n) is 8.57. The molecule has 1 aliphatic carbocycles. The molecule has 0 spiro atoms. The molecule has 0 saturated carbocycles. The quantitative estimate of drug-likeness (QED) is 0.154. The van der Waals surface area contributed by atoms with Crippen LogP contribution in [-0.4, -0.2) is 15.0 Å². The van der Waals surface area contributed by atoms with Crippen LogP contribution in [-0.2, 0) is 0 Å². The number of aromatic nitrogens is 3. The van der Waals surface area contributed by atoms with Gasteiger partial charge in [-0.3, -0.25) is 0 Å². The van der Waals surface area contributed by atoms with Crippen LogP contribution in [0.25, 0.3) is 101 Å². The molecule has 8 aromatic carbocycles. The largest absolute Gasteiger partial charge is 0.455 e. The zero-order chi connectivity index (χ0) is 40.5. The van der Waals surface area contributed by atoms with Gasteiger partial charge in [0.1, 0.15) is 11.2 Å². The molecule has 0 atom stereocenters. The molecule has 61 heavy (non-hydrogen) atoms. The Hall–Kier alpha value is -7.95. The summed E-state index contributed by atoms with van der Waals surface area (Å²) in [7, 11) is 0. The van der Waals surface area contributed by atoms with Crippen molar-refractivity contribution in [1.29, 1.82) is 0 Å². The Balaban J connectivity index is 1.11. The van der Waals surface area contributed by atoms with Crippen molar-refractivity contribution >= 4 is 33.1 Å². The van der Waals surface area contributed by atoms with Crippen LogP contribution < -0.4 is 0 Å². The van der Waals surface area contributed by atoms with E-state index in [4.69, 9.17) is 19.4 Å². The van der Waals surface area contributed by atoms with Gasteiger partial charge in [0, 0.05) is 33.0 Å². The summed E-state index contributed by atoms with van der Waals surface area (Å²) >= 11 is 0. The third kappa shape index (κ3) is 7.04. The van der Waals surface area contributed by atoms with Crippen LogP contribution >= 0.6 is 0 Å². The number of furan rings is 1. The zero-order valence-corrected chi connectivity index (χ0v) is 33.4. The van der Waals surface area contributed by atoms with E-state index < -0.39 is 0 Å². The lowest BCUT2D eigenvalue weighted by molar-refractivity contribution is 0.667. The van der Waals surface area contributed by atoms with Gasteiger partial charge in [-0.15, -0.1) is 0 Å². The Morgan fingerprint density at radius 3 is 1.48 bits per heavy atom. The number of fused-ring (bicyclic) bond motifs is 3. The van der Waals surface area contributed by atoms with Gasteiger partial charge in [0.2, 0.25) is 0 Å². The first-order valence-corrected chi connectivity index (χ1v) is 20.8. The van der Waals surface area contributed by atoms with E-state index in [9.17, 15) is 0 Å². The lowest BCUT2D eigenvalue weighted by atomic mass is 9.87. The summed E-state index contributed by atoms with van der Waals surface area (Å²) in [5.41, 5.74) is 16.2. The molecular formula is C57H39N3O. The lowest BCUT2D eigenvalue weighted by Crippen LogP contribution is -2.00. The molecule has 2 aromatic heterocycles. The predicted octanol–water partition coefficient (Wildman–Crippen LogP) is 15.0. The van der Waals surface area contributed by atoms with Gasteiger partial charge in [-0.25, -0.2) is 15.0 Å². The fraction of sp³-hybridized carbons (Fsp3) is 0.0351. The number of nitrogens with zero attached hydrogens (tertiary/aromatic N) is 3. The summed E-state index contributed by atoms with van der Waals surface area (Å²) in [6.45, 7) is 0. The Morgan fingerprint density at radius 2 is 0.820 bits per heavy atom. The number of benzene rings is 8. The molecule has 0 radical (unpaired) electrons. The maximum absolute atomic E-state index is 6.94. The minimum absolute atomic E-state index is 0.591. The van der Waals surface area contributed by atoms with E-state index in [-0.39, 0.29) is 0 Å². The smallest absolute Gasteiger partial charge is 0.164 e. The molecule has 4 heteroatoms. The first-order chi connectivity index (χ1) is 30.2. The average Bonchev–Trinajstić information content (AvgIpc) is 3.74. The molecule has 0 bridgehead atoms. The van der Waals surface area contributed by atoms with Gasteiger partial charge < -0.3 is 4.42 Å². The number of allylic oxidation sites excluding steroid dienone is 4. The van der Waals surface area contributed by atoms with Crippen LogP contribution in [0.4, 0.5) is 0 Å². The monoisotopic (exact) mass is 781 g/mol. The average molecular weight is 782 g/mol. The summed E-state index contributed by atoms with van der Waals surface area (Å²) in [5, 5.41) is 2.01. The normalized spacial score (nSPS) is 12.7. The molecule has 11 rings (SSSR count). The van der Waals surface area contributed by atoms with Crippen molar-refractivity contribution in [3.63, 3.8) is 0 Å². The first kappa shape index (κ1) is 36.2. The van der Waals surface area contributed by atoms with Gasteiger partial charge in [-0.2, -0.15) is 0 Å². The summed E-state index contributed by atoms with van der Waals surface area (Å²) in [5.74, 6) is 1.82. The maximum atomic E-state index is 6.94. The predicted molar refractivity (Wildman–Crippen MR) is 251 cm³/mol. The highest BCUT2D eigenvalue weighted by Gasteiger charge is 2.22. The van der Waals surface area contributed by atoms with Gasteiger partial charge in [-0.05, 0) is 87.2 Å². The summed E-state index contributed by atoms with van der Waals surface area (Å²) in [6, 6.07) is 69.9. The Labute approximate surface area is 354 Å². The molecule has 0 saturated heterocycles. The Bertz CT molecular complexity index is 3260. The zero-order valence-electron chi connectivity index (χ0n) is 33.4. The number of rotatable bonds is 8. The van der Waals surface area contributed by atoms with Crippen molar-refractivity contribution in [2.24, 2.45) is 0 Å². The standard InChI is InChI=1S/C57H39N3O/c1-5-15-38(16-6-1)41-27-29-43(30-28-41)48-36-50(44-33-31-42(32-34-44)39-17-7-2-8-18-39)54-51(37-48)53-49(25-14-26-52(53)61-54)57-59-55(45-21-11-4-12-22-45)58-56(60-57)47-24-13-23-46(35-47)40-19-9-3-10-20-40/h1-31,33,35-37H,32,34H2. The molecule has 1 aliphatic rings. The van der Waals surface area contributed by atoms with E-state index in [0.717, 1.165) is 79.3 Å². The second-order valence-electron chi connectivity index (χ2n) is 15.5. The van der Waals surface area contributed by atoms with E-state index in [2.05, 4.69) is 170 Å². The molecule has 0 amide bonds. The van der Waals surface area contributed by atoms with E-state index in [1.807, 2.05) is 42.5 Å². The number of hydrogen-bond donors (Lipinski definition) is 0. The third-order valence-corrected chi connectivity index (χ3v) is 11.7. The van der Waals surface area contributed by atoms with Crippen LogP contribution in [0.5, 0.6) is 0 Å². The van der Waals surface area contributed by atoms with Crippen LogP contribution in [0.15, 0.2) is 217 Å². The molecular weight excluding hydrogens is 743 g/mol. The highest BCUT2D eigenvalue weighted by Crippen LogP contribution is 2.44.